The van der Waals surface area contributed by atoms with Crippen LogP contribution < -0.4 is 15.5 Å². The molecule has 1 heterocycles. The standard InChI is InChI=1S/C19H26N4O4/c1-18(2,3)23(17(26)27)19(9-10-19)16(25)21-13-11-20-12-7-5-6-8-14(12)22(4)15(13)24/h5-8,13,20H,9-11H2,1-4H3,(H,21,25)(H,26,27)/t13-/m1/s1. The van der Waals surface area contributed by atoms with Crippen LogP contribution in [0, 0.1) is 0 Å². The molecule has 1 saturated carbocycles. The van der Waals surface area contributed by atoms with Gasteiger partial charge in [0.25, 0.3) is 5.91 Å². The highest BCUT2D eigenvalue weighted by molar-refractivity contribution is 6.04. The fraction of sp³-hybridized carbons (Fsp3) is 0.526. The minimum absolute atomic E-state index is 0.241. The monoisotopic (exact) mass is 374 g/mol. The van der Waals surface area contributed by atoms with Crippen LogP contribution in [0.5, 0.6) is 0 Å². The minimum Gasteiger partial charge on any atom is -0.465 e. The Labute approximate surface area is 158 Å². The van der Waals surface area contributed by atoms with Crippen molar-refractivity contribution in [1.82, 2.24) is 10.2 Å². The summed E-state index contributed by atoms with van der Waals surface area (Å²) in [4.78, 5) is 40.4. The Morgan fingerprint density at radius 3 is 2.48 bits per heavy atom. The first-order valence-corrected chi connectivity index (χ1v) is 9.02. The first-order valence-electron chi connectivity index (χ1n) is 9.02. The average Bonchev–Trinajstić information content (AvgIpc) is 3.37. The van der Waals surface area contributed by atoms with E-state index < -0.39 is 29.1 Å². The van der Waals surface area contributed by atoms with Crippen LogP contribution in [-0.2, 0) is 9.59 Å². The van der Waals surface area contributed by atoms with Gasteiger partial charge in [-0.05, 0) is 45.7 Å². The van der Waals surface area contributed by atoms with Gasteiger partial charge in [0.1, 0.15) is 11.6 Å². The zero-order chi connectivity index (χ0) is 20.0. The van der Waals surface area contributed by atoms with Crippen LogP contribution >= 0.6 is 0 Å². The predicted molar refractivity (Wildman–Crippen MR) is 102 cm³/mol. The third kappa shape index (κ3) is 3.31. The lowest BCUT2D eigenvalue weighted by Gasteiger charge is -2.39. The van der Waals surface area contributed by atoms with Gasteiger partial charge in [-0.1, -0.05) is 12.1 Å². The average molecular weight is 374 g/mol. The second kappa shape index (κ2) is 6.44. The van der Waals surface area contributed by atoms with E-state index >= 15 is 0 Å². The topological polar surface area (TPSA) is 102 Å². The van der Waals surface area contributed by atoms with Gasteiger partial charge in [-0.25, -0.2) is 4.79 Å². The van der Waals surface area contributed by atoms with Crippen LogP contribution in [0.3, 0.4) is 0 Å². The zero-order valence-electron chi connectivity index (χ0n) is 16.1. The van der Waals surface area contributed by atoms with Crippen molar-refractivity contribution in [3.8, 4) is 0 Å². The third-order valence-corrected chi connectivity index (χ3v) is 5.13. The summed E-state index contributed by atoms with van der Waals surface area (Å²) in [5.41, 5.74) is -0.282. The number of carbonyl (C=O) groups excluding carboxylic acids is 2. The van der Waals surface area contributed by atoms with E-state index in [9.17, 15) is 19.5 Å². The lowest BCUT2D eigenvalue weighted by Crippen LogP contribution is -2.61. The number of amides is 3. The van der Waals surface area contributed by atoms with Crippen molar-refractivity contribution in [3.05, 3.63) is 24.3 Å². The van der Waals surface area contributed by atoms with Crippen molar-refractivity contribution in [2.75, 3.05) is 23.8 Å². The summed E-state index contributed by atoms with van der Waals surface area (Å²) in [6.45, 7) is 5.52. The molecule has 0 bridgehead atoms. The molecule has 0 aromatic heterocycles. The first-order chi connectivity index (χ1) is 12.6. The smallest absolute Gasteiger partial charge is 0.408 e. The Kier molecular flexibility index (Phi) is 4.53. The van der Waals surface area contributed by atoms with Crippen LogP contribution in [0.25, 0.3) is 0 Å². The molecule has 0 radical (unpaired) electrons. The number of fused-ring (bicyclic) bond motifs is 1. The Morgan fingerprint density at radius 2 is 1.93 bits per heavy atom. The molecular weight excluding hydrogens is 348 g/mol. The van der Waals surface area contributed by atoms with Crippen molar-refractivity contribution < 1.29 is 19.5 Å². The Bertz CT molecular complexity index is 782. The van der Waals surface area contributed by atoms with Crippen molar-refractivity contribution in [3.63, 3.8) is 0 Å². The number of carbonyl (C=O) groups is 3. The molecule has 3 N–H and O–H groups in total. The van der Waals surface area contributed by atoms with E-state index in [0.29, 0.717) is 12.8 Å². The van der Waals surface area contributed by atoms with Gasteiger partial charge in [0.15, 0.2) is 0 Å². The summed E-state index contributed by atoms with van der Waals surface area (Å²) in [5.74, 6) is -0.659. The SMILES string of the molecule is CN1C(=O)[C@H](NC(=O)C2(N(C(=O)O)C(C)(C)C)CC2)CNc2ccccc21. The van der Waals surface area contributed by atoms with Crippen LogP contribution in [0.2, 0.25) is 0 Å². The van der Waals surface area contributed by atoms with E-state index in [4.69, 9.17) is 0 Å². The number of carboxylic acid groups (broad SMARTS) is 1. The molecule has 1 aliphatic heterocycles. The quantitative estimate of drug-likeness (QED) is 0.750. The van der Waals surface area contributed by atoms with E-state index in [1.165, 1.54) is 9.80 Å². The van der Waals surface area contributed by atoms with Crippen LogP contribution in [-0.4, -0.2) is 58.6 Å². The summed E-state index contributed by atoms with van der Waals surface area (Å²) in [7, 11) is 1.67. The summed E-state index contributed by atoms with van der Waals surface area (Å²) in [6.07, 6.45) is -0.232. The summed E-state index contributed by atoms with van der Waals surface area (Å²) in [6, 6.07) is 6.64. The highest BCUT2D eigenvalue weighted by atomic mass is 16.4. The van der Waals surface area contributed by atoms with E-state index in [-0.39, 0.29) is 12.5 Å². The molecule has 8 nitrogen and oxygen atoms in total. The van der Waals surface area contributed by atoms with Gasteiger partial charge in [-0.3, -0.25) is 14.5 Å². The molecule has 3 amide bonds. The molecule has 146 valence electrons. The molecule has 8 heteroatoms. The van der Waals surface area contributed by atoms with Gasteiger partial charge < -0.3 is 20.6 Å². The number of hydrogen-bond acceptors (Lipinski definition) is 4. The maximum absolute atomic E-state index is 13.0. The fourth-order valence-electron chi connectivity index (χ4n) is 3.76. The number of hydrogen-bond donors (Lipinski definition) is 3. The van der Waals surface area contributed by atoms with Gasteiger partial charge >= 0.3 is 6.09 Å². The lowest BCUT2D eigenvalue weighted by molar-refractivity contribution is -0.132. The van der Waals surface area contributed by atoms with E-state index in [2.05, 4.69) is 10.6 Å². The van der Waals surface area contributed by atoms with Crippen LogP contribution in [0.1, 0.15) is 33.6 Å². The Hall–Kier alpha value is -2.77. The number of nitrogens with one attached hydrogen (secondary N) is 2. The molecule has 0 saturated heterocycles. The molecule has 1 aliphatic carbocycles. The van der Waals surface area contributed by atoms with Gasteiger partial charge in [0, 0.05) is 19.1 Å². The Morgan fingerprint density at radius 1 is 1.30 bits per heavy atom. The zero-order valence-corrected chi connectivity index (χ0v) is 16.1. The Balaban J connectivity index is 1.80. The van der Waals surface area contributed by atoms with Gasteiger partial charge in [0.2, 0.25) is 5.91 Å². The molecule has 1 fully saturated rings. The predicted octanol–water partition coefficient (Wildman–Crippen LogP) is 1.87. The molecule has 2 aliphatic rings. The molecule has 3 rings (SSSR count). The molecule has 27 heavy (non-hydrogen) atoms. The van der Waals surface area contributed by atoms with Crippen molar-refractivity contribution >= 4 is 29.3 Å². The summed E-state index contributed by atoms with van der Waals surface area (Å²) >= 11 is 0. The number of likely N-dealkylation sites (N-methyl/N-ethyl adjacent to an activating group) is 1. The maximum Gasteiger partial charge on any atom is 0.408 e. The van der Waals surface area contributed by atoms with E-state index in [1.807, 2.05) is 24.3 Å². The van der Waals surface area contributed by atoms with Crippen molar-refractivity contribution in [1.29, 1.82) is 0 Å². The normalized spacial score (nSPS) is 20.8. The summed E-state index contributed by atoms with van der Waals surface area (Å²) in [5, 5.41) is 15.6. The molecular formula is C19H26N4O4. The van der Waals surface area contributed by atoms with Crippen LogP contribution in [0.15, 0.2) is 24.3 Å². The summed E-state index contributed by atoms with van der Waals surface area (Å²) < 4.78 is 0. The highest BCUT2D eigenvalue weighted by Gasteiger charge is 2.60. The van der Waals surface area contributed by atoms with Gasteiger partial charge in [0.05, 0.1) is 11.4 Å². The van der Waals surface area contributed by atoms with Gasteiger partial charge in [-0.2, -0.15) is 0 Å². The minimum atomic E-state index is -1.13. The van der Waals surface area contributed by atoms with E-state index in [0.717, 1.165) is 11.4 Å². The molecule has 0 spiro atoms. The van der Waals surface area contributed by atoms with Crippen molar-refractivity contribution in [2.45, 2.75) is 50.7 Å². The van der Waals surface area contributed by atoms with Gasteiger partial charge in [-0.15, -0.1) is 0 Å². The number of rotatable bonds is 3. The molecule has 0 unspecified atom stereocenters. The maximum atomic E-state index is 13.0. The molecule has 1 aromatic rings. The molecule has 1 atom stereocenters. The first kappa shape index (κ1) is 19.0. The second-order valence-electron chi connectivity index (χ2n) is 8.14. The molecule has 1 aromatic carbocycles. The number of anilines is 2. The lowest BCUT2D eigenvalue weighted by atomic mass is 10.0. The number of benzene rings is 1. The van der Waals surface area contributed by atoms with Crippen molar-refractivity contribution in [2.24, 2.45) is 0 Å². The highest BCUT2D eigenvalue weighted by Crippen LogP contribution is 2.45. The van der Waals surface area contributed by atoms with E-state index in [1.54, 1.807) is 27.8 Å². The third-order valence-electron chi connectivity index (χ3n) is 5.13. The number of nitrogens with zero attached hydrogens (tertiary/aromatic N) is 2. The second-order valence-corrected chi connectivity index (χ2v) is 8.14. The number of para-hydroxylation sites is 2. The largest absolute Gasteiger partial charge is 0.465 e. The fourth-order valence-corrected chi connectivity index (χ4v) is 3.76. The van der Waals surface area contributed by atoms with Crippen LogP contribution in [0.4, 0.5) is 16.2 Å².